The molecule has 4 rings (SSSR count). The van der Waals surface area contributed by atoms with Crippen LogP contribution in [0.3, 0.4) is 0 Å². The molecular weight excluding hydrogens is 366 g/mol. The Bertz CT molecular complexity index is 816. The largest absolute Gasteiger partial charge is 0.503 e. The van der Waals surface area contributed by atoms with Crippen molar-refractivity contribution in [2.45, 2.75) is 6.54 Å². The summed E-state index contributed by atoms with van der Waals surface area (Å²) in [7, 11) is 0. The topological polar surface area (TPSA) is 103 Å². The highest BCUT2D eigenvalue weighted by atomic mass is 16.7. The van der Waals surface area contributed by atoms with Gasteiger partial charge >= 0.3 is 5.97 Å². The Kier molecular flexibility index (Phi) is 5.10. The summed E-state index contributed by atoms with van der Waals surface area (Å²) >= 11 is 0. The third-order valence-electron chi connectivity index (χ3n) is 5.38. The van der Waals surface area contributed by atoms with Crippen molar-refractivity contribution < 1.29 is 29.3 Å². The normalized spacial score (nSPS) is 20.3. The first kappa shape index (κ1) is 18.6. The van der Waals surface area contributed by atoms with Gasteiger partial charge in [-0.3, -0.25) is 14.6 Å². The zero-order valence-corrected chi connectivity index (χ0v) is 15.5. The van der Waals surface area contributed by atoms with Gasteiger partial charge in [0.15, 0.2) is 17.3 Å². The second-order valence-corrected chi connectivity index (χ2v) is 7.16. The van der Waals surface area contributed by atoms with Crippen LogP contribution < -0.4 is 9.47 Å². The van der Waals surface area contributed by atoms with Gasteiger partial charge in [0, 0.05) is 45.8 Å². The van der Waals surface area contributed by atoms with E-state index in [1.54, 1.807) is 0 Å². The van der Waals surface area contributed by atoms with E-state index in [1.165, 1.54) is 10.5 Å². The maximum absolute atomic E-state index is 11.9. The minimum absolute atomic E-state index is 0.0376. The third-order valence-corrected chi connectivity index (χ3v) is 5.38. The van der Waals surface area contributed by atoms with Crippen LogP contribution in [0.15, 0.2) is 29.5 Å². The number of aliphatic hydroxyl groups excluding tert-OH is 1. The van der Waals surface area contributed by atoms with Crippen LogP contribution in [-0.4, -0.2) is 89.4 Å². The predicted molar refractivity (Wildman–Crippen MR) is 98.2 cm³/mol. The molecule has 1 amide bonds. The summed E-state index contributed by atoms with van der Waals surface area (Å²) in [5.41, 5.74) is 0.960. The molecular formula is C19H23N3O6. The lowest BCUT2D eigenvalue weighted by Gasteiger charge is -2.35. The van der Waals surface area contributed by atoms with Crippen molar-refractivity contribution in [2.75, 3.05) is 52.6 Å². The van der Waals surface area contributed by atoms with E-state index >= 15 is 0 Å². The number of carboxylic acid groups (broad SMARTS) is 1. The Morgan fingerprint density at radius 2 is 1.75 bits per heavy atom. The van der Waals surface area contributed by atoms with Crippen molar-refractivity contribution in [1.82, 2.24) is 14.7 Å². The first-order valence-electron chi connectivity index (χ1n) is 9.29. The van der Waals surface area contributed by atoms with Gasteiger partial charge < -0.3 is 24.6 Å². The van der Waals surface area contributed by atoms with Crippen molar-refractivity contribution in [3.63, 3.8) is 0 Å². The maximum atomic E-state index is 11.9. The van der Waals surface area contributed by atoms with Crippen LogP contribution in [0.25, 0.3) is 0 Å². The van der Waals surface area contributed by atoms with E-state index in [0.29, 0.717) is 13.1 Å². The highest BCUT2D eigenvalue weighted by molar-refractivity contribution is 6.04. The number of aliphatic carboxylic acids is 1. The zero-order valence-electron chi connectivity index (χ0n) is 15.5. The molecule has 0 unspecified atom stereocenters. The number of carboxylic acids is 1. The summed E-state index contributed by atoms with van der Waals surface area (Å²) in [4.78, 5) is 29.0. The summed E-state index contributed by atoms with van der Waals surface area (Å²) < 4.78 is 10.8. The SMILES string of the molecule is O=C(O)C1=C(O)C(=O)N(CCN2CCN(Cc3ccc4c(c3)OCO4)CC2)C1. The van der Waals surface area contributed by atoms with Crippen molar-refractivity contribution in [2.24, 2.45) is 0 Å². The van der Waals surface area contributed by atoms with Gasteiger partial charge in [0.2, 0.25) is 6.79 Å². The zero-order chi connectivity index (χ0) is 19.7. The van der Waals surface area contributed by atoms with Crippen LogP contribution in [0, 0.1) is 0 Å². The van der Waals surface area contributed by atoms with Crippen LogP contribution in [-0.2, 0) is 16.1 Å². The average molecular weight is 389 g/mol. The van der Waals surface area contributed by atoms with Crippen LogP contribution >= 0.6 is 0 Å². The quantitative estimate of drug-likeness (QED) is 0.715. The number of aliphatic hydroxyl groups is 1. The van der Waals surface area contributed by atoms with Gasteiger partial charge in [-0.25, -0.2) is 4.79 Å². The molecule has 1 aromatic rings. The third kappa shape index (κ3) is 3.76. The molecule has 0 bridgehead atoms. The van der Waals surface area contributed by atoms with E-state index < -0.39 is 17.6 Å². The lowest BCUT2D eigenvalue weighted by molar-refractivity contribution is -0.133. The van der Waals surface area contributed by atoms with Crippen molar-refractivity contribution in [1.29, 1.82) is 0 Å². The van der Waals surface area contributed by atoms with Crippen LogP contribution in [0.4, 0.5) is 0 Å². The maximum Gasteiger partial charge on any atom is 0.337 e. The molecule has 28 heavy (non-hydrogen) atoms. The minimum Gasteiger partial charge on any atom is -0.503 e. The van der Waals surface area contributed by atoms with Gasteiger partial charge in [0.05, 0.1) is 6.54 Å². The number of hydrogen-bond acceptors (Lipinski definition) is 7. The molecule has 2 N–H and O–H groups in total. The van der Waals surface area contributed by atoms with Crippen molar-refractivity contribution in [3.8, 4) is 11.5 Å². The number of nitrogens with zero attached hydrogens (tertiary/aromatic N) is 3. The molecule has 0 radical (unpaired) electrons. The number of hydrogen-bond donors (Lipinski definition) is 2. The van der Waals surface area contributed by atoms with Crippen molar-refractivity contribution >= 4 is 11.9 Å². The highest BCUT2D eigenvalue weighted by Gasteiger charge is 2.34. The van der Waals surface area contributed by atoms with Gasteiger partial charge in [-0.2, -0.15) is 0 Å². The van der Waals surface area contributed by atoms with Gasteiger partial charge in [0.1, 0.15) is 5.57 Å². The Morgan fingerprint density at radius 1 is 1.04 bits per heavy atom. The Labute approximate surface area is 162 Å². The van der Waals surface area contributed by atoms with E-state index in [-0.39, 0.29) is 18.9 Å². The fourth-order valence-corrected chi connectivity index (χ4v) is 3.70. The molecule has 9 nitrogen and oxygen atoms in total. The Morgan fingerprint density at radius 3 is 2.46 bits per heavy atom. The molecule has 3 aliphatic rings. The van der Waals surface area contributed by atoms with Crippen LogP contribution in [0.1, 0.15) is 5.56 Å². The van der Waals surface area contributed by atoms with Crippen LogP contribution in [0.5, 0.6) is 11.5 Å². The lowest BCUT2D eigenvalue weighted by atomic mass is 10.1. The summed E-state index contributed by atoms with van der Waals surface area (Å²) in [5.74, 6) is -0.897. The second kappa shape index (κ2) is 7.69. The Balaban J connectivity index is 1.22. The number of carbonyl (C=O) groups excluding carboxylic acids is 1. The summed E-state index contributed by atoms with van der Waals surface area (Å²) in [5, 5.41) is 18.6. The fourth-order valence-electron chi connectivity index (χ4n) is 3.70. The average Bonchev–Trinajstić information content (AvgIpc) is 3.26. The standard InChI is InChI=1S/C19H23N3O6/c23-17-14(19(25)26)11-22(18(17)24)8-7-20-3-5-21(6-4-20)10-13-1-2-15-16(9-13)28-12-27-15/h1-2,9,23H,3-8,10-12H2,(H,25,26). The summed E-state index contributed by atoms with van der Waals surface area (Å²) in [6.45, 7) is 5.71. The molecule has 3 heterocycles. The molecule has 150 valence electrons. The molecule has 0 aliphatic carbocycles. The van der Waals surface area contributed by atoms with E-state index in [2.05, 4.69) is 15.9 Å². The van der Waals surface area contributed by atoms with Gasteiger partial charge in [-0.05, 0) is 17.7 Å². The highest BCUT2D eigenvalue weighted by Crippen LogP contribution is 2.32. The van der Waals surface area contributed by atoms with Gasteiger partial charge in [0.25, 0.3) is 5.91 Å². The molecule has 0 aromatic heterocycles. The first-order chi connectivity index (χ1) is 13.5. The molecule has 1 saturated heterocycles. The van der Waals surface area contributed by atoms with Crippen LogP contribution in [0.2, 0.25) is 0 Å². The number of carbonyl (C=O) groups is 2. The Hall–Kier alpha value is -2.78. The van der Waals surface area contributed by atoms with Crippen molar-refractivity contribution in [3.05, 3.63) is 35.1 Å². The van der Waals surface area contributed by atoms with E-state index in [9.17, 15) is 14.7 Å². The second-order valence-electron chi connectivity index (χ2n) is 7.16. The molecule has 1 fully saturated rings. The number of piperazine rings is 1. The first-order valence-corrected chi connectivity index (χ1v) is 9.29. The number of benzene rings is 1. The minimum atomic E-state index is -1.24. The number of fused-ring (bicyclic) bond motifs is 1. The molecule has 9 heteroatoms. The number of rotatable bonds is 6. The molecule has 3 aliphatic heterocycles. The smallest absolute Gasteiger partial charge is 0.337 e. The van der Waals surface area contributed by atoms with E-state index in [1.807, 2.05) is 12.1 Å². The molecule has 1 aromatic carbocycles. The van der Waals surface area contributed by atoms with E-state index in [0.717, 1.165) is 44.2 Å². The number of ether oxygens (including phenoxy) is 2. The molecule has 0 spiro atoms. The number of amides is 1. The molecule has 0 saturated carbocycles. The van der Waals surface area contributed by atoms with Gasteiger partial charge in [-0.1, -0.05) is 6.07 Å². The fraction of sp³-hybridized carbons (Fsp3) is 0.474. The summed E-state index contributed by atoms with van der Waals surface area (Å²) in [6.07, 6.45) is 0. The lowest BCUT2D eigenvalue weighted by Crippen LogP contribution is -2.48. The predicted octanol–water partition coefficient (Wildman–Crippen LogP) is 0.272. The molecule has 0 atom stereocenters. The monoisotopic (exact) mass is 389 g/mol. The van der Waals surface area contributed by atoms with Gasteiger partial charge in [-0.15, -0.1) is 0 Å². The van der Waals surface area contributed by atoms with E-state index in [4.69, 9.17) is 14.6 Å². The summed E-state index contributed by atoms with van der Waals surface area (Å²) in [6, 6.07) is 6.02.